The number of nitrogens with two attached hydrogens (primary N) is 1. The van der Waals surface area contributed by atoms with E-state index in [1.165, 1.54) is 6.20 Å². The number of hydrogen-bond donors (Lipinski definition) is 2. The molecule has 2 aromatic heterocycles. The van der Waals surface area contributed by atoms with Gasteiger partial charge >= 0.3 is 0 Å². The van der Waals surface area contributed by atoms with Crippen LogP contribution in [0.5, 0.6) is 0 Å². The van der Waals surface area contributed by atoms with E-state index in [1.54, 1.807) is 18.5 Å². The molecule has 1 unspecified atom stereocenters. The minimum absolute atomic E-state index is 0.139. The molecule has 0 aromatic carbocycles. The van der Waals surface area contributed by atoms with Crippen LogP contribution >= 0.6 is 0 Å². The molecule has 2 heterocycles. The third-order valence-electron chi connectivity index (χ3n) is 2.98. The summed E-state index contributed by atoms with van der Waals surface area (Å²) in [7, 11) is 0. The Morgan fingerprint density at radius 3 is 2.89 bits per heavy atom. The zero-order valence-electron chi connectivity index (χ0n) is 10.8. The van der Waals surface area contributed by atoms with Crippen molar-refractivity contribution in [2.75, 3.05) is 12.3 Å². The van der Waals surface area contributed by atoms with Crippen LogP contribution in [0.3, 0.4) is 0 Å². The fourth-order valence-corrected chi connectivity index (χ4v) is 2.05. The maximum atomic E-state index is 13.8. The zero-order valence-corrected chi connectivity index (χ0v) is 10.8. The Bertz CT molecular complexity index is 544. The summed E-state index contributed by atoms with van der Waals surface area (Å²) in [6, 6.07) is 5.29. The molecule has 0 spiro atoms. The lowest BCUT2D eigenvalue weighted by Gasteiger charge is -2.19. The lowest BCUT2D eigenvalue weighted by atomic mass is 9.99. The number of hydrogen-bond acceptors (Lipinski definition) is 4. The van der Waals surface area contributed by atoms with Gasteiger partial charge in [0.05, 0.1) is 6.20 Å². The van der Waals surface area contributed by atoms with E-state index in [0.29, 0.717) is 17.8 Å². The Morgan fingerprint density at radius 2 is 2.21 bits per heavy atom. The third kappa shape index (κ3) is 3.26. The minimum Gasteiger partial charge on any atom is -0.383 e. The van der Waals surface area contributed by atoms with Crippen LogP contribution in [0.2, 0.25) is 0 Å². The smallest absolute Gasteiger partial charge is 0.146 e. The first-order valence-corrected chi connectivity index (χ1v) is 6.24. The van der Waals surface area contributed by atoms with Gasteiger partial charge in [0.1, 0.15) is 11.6 Å². The number of likely N-dealkylation sites (N-methyl/N-ethyl adjacent to an activating group) is 1. The molecule has 1 atom stereocenters. The normalized spacial score (nSPS) is 12.3. The summed E-state index contributed by atoms with van der Waals surface area (Å²) in [6.45, 7) is 2.73. The van der Waals surface area contributed by atoms with E-state index in [9.17, 15) is 4.39 Å². The van der Waals surface area contributed by atoms with Crippen molar-refractivity contribution in [1.82, 2.24) is 15.3 Å². The molecule has 0 aliphatic rings. The molecule has 19 heavy (non-hydrogen) atoms. The number of nitrogens with one attached hydrogen (secondary N) is 1. The van der Waals surface area contributed by atoms with Crippen molar-refractivity contribution in [3.05, 3.63) is 53.7 Å². The highest BCUT2D eigenvalue weighted by molar-refractivity contribution is 5.39. The first-order valence-electron chi connectivity index (χ1n) is 6.24. The van der Waals surface area contributed by atoms with Crippen molar-refractivity contribution in [2.45, 2.75) is 19.4 Å². The van der Waals surface area contributed by atoms with Crippen LogP contribution in [0.4, 0.5) is 10.2 Å². The second-order valence-electron chi connectivity index (χ2n) is 4.26. The molecule has 2 aromatic rings. The summed E-state index contributed by atoms with van der Waals surface area (Å²) in [5.41, 5.74) is 7.34. The van der Waals surface area contributed by atoms with Gasteiger partial charge in [0, 0.05) is 24.0 Å². The highest BCUT2D eigenvalue weighted by atomic mass is 19.1. The highest BCUT2D eigenvalue weighted by Gasteiger charge is 2.16. The Morgan fingerprint density at radius 1 is 1.37 bits per heavy atom. The lowest BCUT2D eigenvalue weighted by molar-refractivity contribution is 0.507. The topological polar surface area (TPSA) is 63.8 Å². The predicted octanol–water partition coefficient (Wildman–Crippen LogP) is 2.09. The number of anilines is 1. The van der Waals surface area contributed by atoms with E-state index < -0.39 is 0 Å². The average Bonchev–Trinajstić information content (AvgIpc) is 2.41. The Labute approximate surface area is 111 Å². The summed E-state index contributed by atoms with van der Waals surface area (Å²) in [5, 5.41) is 3.26. The highest BCUT2D eigenvalue weighted by Crippen LogP contribution is 2.22. The van der Waals surface area contributed by atoms with E-state index >= 15 is 0 Å². The van der Waals surface area contributed by atoms with Gasteiger partial charge in [0.15, 0.2) is 0 Å². The molecule has 0 bridgehead atoms. The Balaban J connectivity index is 2.27. The zero-order chi connectivity index (χ0) is 13.7. The summed E-state index contributed by atoms with van der Waals surface area (Å²) in [5.74, 6) is 0.177. The van der Waals surface area contributed by atoms with Crippen LogP contribution in [-0.4, -0.2) is 16.5 Å². The monoisotopic (exact) mass is 260 g/mol. The summed E-state index contributed by atoms with van der Waals surface area (Å²) in [6.07, 6.45) is 5.06. The summed E-state index contributed by atoms with van der Waals surface area (Å²) < 4.78 is 13.8. The third-order valence-corrected chi connectivity index (χ3v) is 2.98. The molecule has 2 rings (SSSR count). The maximum Gasteiger partial charge on any atom is 0.146 e. The van der Waals surface area contributed by atoms with Gasteiger partial charge in [-0.05, 0) is 30.7 Å². The largest absolute Gasteiger partial charge is 0.383 e. The van der Waals surface area contributed by atoms with Gasteiger partial charge in [-0.15, -0.1) is 0 Å². The molecular weight excluding hydrogens is 243 g/mol. The van der Waals surface area contributed by atoms with Gasteiger partial charge in [-0.1, -0.05) is 13.0 Å². The summed E-state index contributed by atoms with van der Waals surface area (Å²) in [4.78, 5) is 7.82. The first kappa shape index (κ1) is 13.4. The van der Waals surface area contributed by atoms with E-state index in [0.717, 1.165) is 12.1 Å². The van der Waals surface area contributed by atoms with Gasteiger partial charge in [-0.2, -0.15) is 0 Å². The fraction of sp³-hybridized carbons (Fsp3) is 0.286. The van der Waals surface area contributed by atoms with Gasteiger partial charge in [-0.25, -0.2) is 9.37 Å². The van der Waals surface area contributed by atoms with Crippen molar-refractivity contribution in [3.63, 3.8) is 0 Å². The van der Waals surface area contributed by atoms with Crippen LogP contribution in [-0.2, 0) is 6.42 Å². The van der Waals surface area contributed by atoms with Crippen LogP contribution in [0, 0.1) is 5.82 Å². The number of pyridine rings is 2. The van der Waals surface area contributed by atoms with Gasteiger partial charge in [-0.3, -0.25) is 4.98 Å². The number of aromatic nitrogens is 2. The van der Waals surface area contributed by atoms with E-state index in [1.807, 2.05) is 19.1 Å². The maximum absolute atomic E-state index is 13.8. The first-order chi connectivity index (χ1) is 9.22. The van der Waals surface area contributed by atoms with Crippen molar-refractivity contribution >= 4 is 5.82 Å². The molecule has 3 N–H and O–H groups in total. The van der Waals surface area contributed by atoms with Gasteiger partial charge < -0.3 is 11.1 Å². The number of halogens is 1. The van der Waals surface area contributed by atoms with Crippen LogP contribution in [0.25, 0.3) is 0 Å². The van der Waals surface area contributed by atoms with E-state index in [-0.39, 0.29) is 11.9 Å². The molecule has 0 radical (unpaired) electrons. The SMILES string of the molecule is CCNC(Cc1cccnc1N)c1ccncc1F. The van der Waals surface area contributed by atoms with Crippen molar-refractivity contribution in [1.29, 1.82) is 0 Å². The van der Waals surface area contributed by atoms with Crippen molar-refractivity contribution in [2.24, 2.45) is 0 Å². The number of nitrogens with zero attached hydrogens (tertiary/aromatic N) is 2. The van der Waals surface area contributed by atoms with Crippen molar-refractivity contribution < 1.29 is 4.39 Å². The molecule has 0 saturated heterocycles. The Kier molecular flexibility index (Phi) is 4.41. The van der Waals surface area contributed by atoms with Crippen LogP contribution in [0.1, 0.15) is 24.1 Å². The molecule has 0 amide bonds. The quantitative estimate of drug-likeness (QED) is 0.864. The number of rotatable bonds is 5. The lowest BCUT2D eigenvalue weighted by Crippen LogP contribution is -2.24. The molecule has 100 valence electrons. The molecule has 0 saturated carbocycles. The Hall–Kier alpha value is -2.01. The molecule has 0 aliphatic heterocycles. The minimum atomic E-state index is -0.309. The molecule has 0 aliphatic carbocycles. The molecular formula is C14H17FN4. The van der Waals surface area contributed by atoms with Crippen LogP contribution < -0.4 is 11.1 Å². The van der Waals surface area contributed by atoms with Gasteiger partial charge in [0.25, 0.3) is 0 Å². The fourth-order valence-electron chi connectivity index (χ4n) is 2.05. The van der Waals surface area contributed by atoms with Crippen LogP contribution in [0.15, 0.2) is 36.8 Å². The molecule has 4 nitrogen and oxygen atoms in total. The van der Waals surface area contributed by atoms with E-state index in [2.05, 4.69) is 15.3 Å². The summed E-state index contributed by atoms with van der Waals surface area (Å²) >= 11 is 0. The van der Waals surface area contributed by atoms with Crippen molar-refractivity contribution in [3.8, 4) is 0 Å². The average molecular weight is 260 g/mol. The van der Waals surface area contributed by atoms with E-state index in [4.69, 9.17) is 5.73 Å². The number of nitrogen functional groups attached to an aromatic ring is 1. The van der Waals surface area contributed by atoms with Gasteiger partial charge in [0.2, 0.25) is 0 Å². The second kappa shape index (κ2) is 6.24. The second-order valence-corrected chi connectivity index (χ2v) is 4.26. The predicted molar refractivity (Wildman–Crippen MR) is 73.0 cm³/mol. The molecule has 5 heteroatoms. The standard InChI is InChI=1S/C14H17FN4/c1-2-18-13(11-5-7-17-9-12(11)15)8-10-4-3-6-19-14(10)16/h3-7,9,13,18H,2,8H2,1H3,(H2,16,19). The molecule has 0 fully saturated rings.